The zero-order chi connectivity index (χ0) is 11.0. The molecule has 0 radical (unpaired) electrons. The van der Waals surface area contributed by atoms with Gasteiger partial charge in [-0.25, -0.2) is 4.79 Å². The van der Waals surface area contributed by atoms with Gasteiger partial charge in [0.05, 0.1) is 6.26 Å². The van der Waals surface area contributed by atoms with E-state index >= 15 is 0 Å². The molecule has 2 aromatic heterocycles. The molecule has 3 rings (SSSR count). The van der Waals surface area contributed by atoms with Crippen LogP contribution < -0.4 is 5.63 Å². The fraction of sp³-hybridized carbons (Fsp3) is 0. The van der Waals surface area contributed by atoms with E-state index < -0.39 is 0 Å². The summed E-state index contributed by atoms with van der Waals surface area (Å²) in [5, 5.41) is 0.883. The number of fused-ring (bicyclic) bond motifs is 1. The zero-order valence-corrected chi connectivity index (χ0v) is 8.34. The third-order valence-corrected chi connectivity index (χ3v) is 2.43. The second-order valence-electron chi connectivity index (χ2n) is 3.46. The molecule has 0 N–H and O–H groups in total. The van der Waals surface area contributed by atoms with Gasteiger partial charge in [-0.1, -0.05) is 18.2 Å². The van der Waals surface area contributed by atoms with Gasteiger partial charge >= 0.3 is 5.63 Å². The molecule has 16 heavy (non-hydrogen) atoms. The predicted octanol–water partition coefficient (Wildman–Crippen LogP) is 3.05. The molecule has 0 aliphatic heterocycles. The first-order valence-electron chi connectivity index (χ1n) is 4.91. The molecule has 78 valence electrons. The van der Waals surface area contributed by atoms with Crippen molar-refractivity contribution < 1.29 is 8.83 Å². The van der Waals surface area contributed by atoms with Gasteiger partial charge in [0.1, 0.15) is 16.9 Å². The number of benzene rings is 1. The first-order chi connectivity index (χ1) is 7.84. The van der Waals surface area contributed by atoms with Gasteiger partial charge in [-0.15, -0.1) is 0 Å². The Morgan fingerprint density at radius 3 is 2.69 bits per heavy atom. The molecule has 2 heterocycles. The van der Waals surface area contributed by atoms with Gasteiger partial charge < -0.3 is 8.83 Å². The highest BCUT2D eigenvalue weighted by atomic mass is 16.4. The fourth-order valence-electron chi connectivity index (χ4n) is 1.67. The molecule has 0 amide bonds. The number of para-hydroxylation sites is 1. The summed E-state index contributed by atoms with van der Waals surface area (Å²) in [4.78, 5) is 11.7. The summed E-state index contributed by atoms with van der Waals surface area (Å²) in [7, 11) is 0. The van der Waals surface area contributed by atoms with Crippen LogP contribution >= 0.6 is 0 Å². The minimum absolute atomic E-state index is 0.381. The molecule has 0 saturated carbocycles. The van der Waals surface area contributed by atoms with Crippen molar-refractivity contribution in [3.63, 3.8) is 0 Å². The van der Waals surface area contributed by atoms with E-state index in [2.05, 4.69) is 0 Å². The van der Waals surface area contributed by atoms with Gasteiger partial charge in [-0.05, 0) is 24.3 Å². The largest absolute Gasteiger partial charge is 0.464 e. The Kier molecular flexibility index (Phi) is 1.90. The van der Waals surface area contributed by atoms with E-state index in [0.717, 1.165) is 5.39 Å². The lowest BCUT2D eigenvalue weighted by Gasteiger charge is -1.98. The van der Waals surface area contributed by atoms with Gasteiger partial charge in [0.2, 0.25) is 0 Å². The zero-order valence-electron chi connectivity index (χ0n) is 8.34. The van der Waals surface area contributed by atoms with Crippen LogP contribution in [0.5, 0.6) is 0 Å². The van der Waals surface area contributed by atoms with E-state index in [4.69, 9.17) is 8.83 Å². The van der Waals surface area contributed by atoms with Crippen molar-refractivity contribution in [3.8, 4) is 11.3 Å². The Labute approximate surface area is 90.9 Å². The molecule has 0 spiro atoms. The van der Waals surface area contributed by atoms with Crippen molar-refractivity contribution in [2.45, 2.75) is 0 Å². The molecule has 3 nitrogen and oxygen atoms in total. The molecule has 0 atom stereocenters. The SMILES string of the molecule is O=c1oc2ccccc2cc1-c1ccco1. The molecule has 3 heteroatoms. The fourth-order valence-corrected chi connectivity index (χ4v) is 1.67. The summed E-state index contributed by atoms with van der Waals surface area (Å²) in [5.74, 6) is 0.527. The summed E-state index contributed by atoms with van der Waals surface area (Å²) in [6, 6.07) is 12.6. The number of hydrogen-bond donors (Lipinski definition) is 0. The van der Waals surface area contributed by atoms with Crippen LogP contribution in [0.2, 0.25) is 0 Å². The maximum Gasteiger partial charge on any atom is 0.347 e. The second kappa shape index (κ2) is 3.38. The Balaban J connectivity index is 2.34. The van der Waals surface area contributed by atoms with Crippen LogP contribution in [0, 0.1) is 0 Å². The number of furan rings is 1. The Bertz CT molecular complexity index is 678. The average Bonchev–Trinajstić information content (AvgIpc) is 2.81. The second-order valence-corrected chi connectivity index (χ2v) is 3.46. The average molecular weight is 212 g/mol. The van der Waals surface area contributed by atoms with Crippen molar-refractivity contribution in [1.29, 1.82) is 0 Å². The summed E-state index contributed by atoms with van der Waals surface area (Å²) in [6.07, 6.45) is 1.53. The quantitative estimate of drug-likeness (QED) is 0.582. The standard InChI is InChI=1S/C13H8O3/c14-13-10(12-6-3-7-15-12)8-9-4-1-2-5-11(9)16-13/h1-8H. The lowest BCUT2D eigenvalue weighted by atomic mass is 10.1. The number of hydrogen-bond acceptors (Lipinski definition) is 3. The van der Waals surface area contributed by atoms with Gasteiger partial charge in [-0.3, -0.25) is 0 Å². The third kappa shape index (κ3) is 1.34. The Morgan fingerprint density at radius 1 is 1.00 bits per heavy atom. The van der Waals surface area contributed by atoms with Gasteiger partial charge in [-0.2, -0.15) is 0 Å². The lowest BCUT2D eigenvalue weighted by molar-refractivity contribution is 0.547. The van der Waals surface area contributed by atoms with E-state index in [9.17, 15) is 4.79 Å². The van der Waals surface area contributed by atoms with Crippen molar-refractivity contribution in [2.24, 2.45) is 0 Å². The van der Waals surface area contributed by atoms with E-state index in [1.807, 2.05) is 18.2 Å². The summed E-state index contributed by atoms with van der Waals surface area (Å²) in [6.45, 7) is 0. The van der Waals surface area contributed by atoms with E-state index in [-0.39, 0.29) is 5.63 Å². The molecule has 0 unspecified atom stereocenters. The van der Waals surface area contributed by atoms with Crippen molar-refractivity contribution in [2.75, 3.05) is 0 Å². The Hall–Kier alpha value is -2.29. The topological polar surface area (TPSA) is 43.4 Å². The van der Waals surface area contributed by atoms with Gasteiger partial charge in [0.25, 0.3) is 0 Å². The van der Waals surface area contributed by atoms with Crippen molar-refractivity contribution in [1.82, 2.24) is 0 Å². The molecule has 0 bridgehead atoms. The van der Waals surface area contributed by atoms with Crippen LogP contribution in [-0.2, 0) is 0 Å². The first kappa shape index (κ1) is 8.97. The van der Waals surface area contributed by atoms with Crippen LogP contribution in [0.1, 0.15) is 0 Å². The highest BCUT2D eigenvalue weighted by molar-refractivity contribution is 5.80. The molecule has 3 aromatic rings. The molecular formula is C13H8O3. The molecule has 0 fully saturated rings. The predicted molar refractivity (Wildman–Crippen MR) is 60.2 cm³/mol. The van der Waals surface area contributed by atoms with Crippen LogP contribution in [0.25, 0.3) is 22.3 Å². The van der Waals surface area contributed by atoms with Gasteiger partial charge in [0.15, 0.2) is 0 Å². The van der Waals surface area contributed by atoms with Crippen LogP contribution in [0.3, 0.4) is 0 Å². The third-order valence-electron chi connectivity index (χ3n) is 2.43. The van der Waals surface area contributed by atoms with Gasteiger partial charge in [0, 0.05) is 5.39 Å². The monoisotopic (exact) mass is 212 g/mol. The van der Waals surface area contributed by atoms with Crippen molar-refractivity contribution >= 4 is 11.0 Å². The Morgan fingerprint density at radius 2 is 1.88 bits per heavy atom. The highest BCUT2D eigenvalue weighted by Crippen LogP contribution is 2.20. The normalized spacial score (nSPS) is 10.8. The maximum atomic E-state index is 11.7. The van der Waals surface area contributed by atoms with Crippen LogP contribution in [0.15, 0.2) is 62.4 Å². The minimum Gasteiger partial charge on any atom is -0.464 e. The van der Waals surface area contributed by atoms with E-state index in [0.29, 0.717) is 16.9 Å². The molecule has 0 aliphatic carbocycles. The lowest BCUT2D eigenvalue weighted by Crippen LogP contribution is -2.01. The van der Waals surface area contributed by atoms with E-state index in [1.54, 1.807) is 24.3 Å². The smallest absolute Gasteiger partial charge is 0.347 e. The van der Waals surface area contributed by atoms with Crippen LogP contribution in [0.4, 0.5) is 0 Å². The minimum atomic E-state index is -0.381. The summed E-state index contributed by atoms with van der Waals surface area (Å²) in [5.41, 5.74) is 0.653. The summed E-state index contributed by atoms with van der Waals surface area (Å²) < 4.78 is 10.4. The number of rotatable bonds is 1. The molecular weight excluding hydrogens is 204 g/mol. The van der Waals surface area contributed by atoms with E-state index in [1.165, 1.54) is 6.26 Å². The first-order valence-corrected chi connectivity index (χ1v) is 4.91. The molecule has 0 saturated heterocycles. The van der Waals surface area contributed by atoms with Crippen LogP contribution in [-0.4, -0.2) is 0 Å². The van der Waals surface area contributed by atoms with Crippen molar-refractivity contribution in [3.05, 3.63) is 59.1 Å². The maximum absolute atomic E-state index is 11.7. The highest BCUT2D eigenvalue weighted by Gasteiger charge is 2.09. The molecule has 0 aliphatic rings. The summed E-state index contributed by atoms with van der Waals surface area (Å²) >= 11 is 0. The molecule has 1 aromatic carbocycles.